The van der Waals surface area contributed by atoms with E-state index in [1.807, 2.05) is 0 Å². The molecule has 0 amide bonds. The molecule has 0 rings (SSSR count). The molecule has 0 aromatic carbocycles. The van der Waals surface area contributed by atoms with Crippen molar-refractivity contribution in [2.45, 2.75) is 68.1 Å². The molecule has 0 saturated carbocycles. The molecule has 0 radical (unpaired) electrons. The van der Waals surface area contributed by atoms with Crippen LogP contribution in [0.25, 0.3) is 0 Å². The normalized spacial score (nSPS) is 19.4. The van der Waals surface area contributed by atoms with E-state index in [0.717, 1.165) is 37.5 Å². The first kappa shape index (κ1) is 37.2. The van der Waals surface area contributed by atoms with Gasteiger partial charge in [-0.15, -0.1) is 0 Å². The zero-order valence-corrected chi connectivity index (χ0v) is 28.6. The van der Waals surface area contributed by atoms with E-state index in [1.165, 1.54) is 20.8 Å². The van der Waals surface area contributed by atoms with Crippen LogP contribution < -0.4 is 0 Å². The Balaban J connectivity index is 7.11. The minimum atomic E-state index is -4.06. The van der Waals surface area contributed by atoms with Crippen LogP contribution in [0.2, 0.25) is 15.8 Å². The second kappa shape index (κ2) is 12.4. The summed E-state index contributed by atoms with van der Waals surface area (Å²) < 4.78 is 149. The minimum Gasteiger partial charge on any atom is -0.229 e. The van der Waals surface area contributed by atoms with E-state index in [0.29, 0.717) is 0 Å². The molecule has 0 heterocycles. The molecule has 0 spiro atoms. The number of hydrogen-bond acceptors (Lipinski definition) is 12. The summed E-state index contributed by atoms with van der Waals surface area (Å²) in [5, 5.41) is -10.0. The van der Waals surface area contributed by atoms with Crippen LogP contribution in [0, 0.1) is 0 Å². The van der Waals surface area contributed by atoms with Gasteiger partial charge in [0.2, 0.25) is 0 Å². The van der Waals surface area contributed by atoms with E-state index in [-0.39, 0.29) is 0 Å². The van der Waals surface area contributed by atoms with E-state index in [1.54, 1.807) is 0 Å². The predicted octanol–water partition coefficient (Wildman–Crippen LogP) is -0.980. The summed E-state index contributed by atoms with van der Waals surface area (Å²) in [5.41, 5.74) is 0. The monoisotopic (exact) mass is 666 g/mol. The van der Waals surface area contributed by atoms with Gasteiger partial charge in [0.15, 0.2) is 29.5 Å². The molecule has 0 aromatic rings. The Kier molecular flexibility index (Phi) is 12.5. The standard InChI is InChI=1S/3C6H13O4S2.Al/c3*1-5(11(3,7)8)6(2)12(4,9)10;/h3*5-6H,1H2,2-4H3;. The zero-order valence-electron chi connectivity index (χ0n) is 22.5. The Hall–Kier alpha value is 0.232. The van der Waals surface area contributed by atoms with Gasteiger partial charge in [-0.25, -0.2) is 50.5 Å². The molecule has 222 valence electrons. The Morgan fingerprint density at radius 3 is 0.649 bits per heavy atom. The lowest BCUT2D eigenvalue weighted by molar-refractivity contribution is 0.562. The lowest BCUT2D eigenvalue weighted by atomic mass is 10.3. The fraction of sp³-hybridized carbons (Fsp3) is 1.00. The van der Waals surface area contributed by atoms with Gasteiger partial charge in [-0.1, -0.05) is 15.8 Å². The zero-order chi connectivity index (χ0) is 30.2. The van der Waals surface area contributed by atoms with Crippen molar-refractivity contribution in [1.29, 1.82) is 0 Å². The summed E-state index contributed by atoms with van der Waals surface area (Å²) in [6.45, 7) is 3.52. The van der Waals surface area contributed by atoms with Crippen LogP contribution in [0.3, 0.4) is 0 Å². The van der Waals surface area contributed by atoms with Gasteiger partial charge in [-0.05, 0) is 20.8 Å². The summed E-state index contributed by atoms with van der Waals surface area (Å²) in [6.07, 6.45) is 4.94. The minimum absolute atomic E-state index is 0.391. The highest BCUT2D eigenvalue weighted by Gasteiger charge is 2.45. The number of rotatable bonds is 15. The Labute approximate surface area is 227 Å². The molecule has 0 N–H and O–H groups in total. The summed E-state index contributed by atoms with van der Waals surface area (Å²) >= 11 is -3.02. The Morgan fingerprint density at radius 1 is 0.378 bits per heavy atom. The summed E-state index contributed by atoms with van der Waals surface area (Å²) in [5.74, 6) is 0. The lowest BCUT2D eigenvalue weighted by Gasteiger charge is -2.30. The average Bonchev–Trinajstić information content (AvgIpc) is 2.60. The highest BCUT2D eigenvalue weighted by Crippen LogP contribution is 2.30. The van der Waals surface area contributed by atoms with Crippen molar-refractivity contribution in [3.63, 3.8) is 0 Å². The Morgan fingerprint density at radius 2 is 0.541 bits per heavy atom. The Bertz CT molecular complexity index is 1280. The molecule has 6 atom stereocenters. The maximum atomic E-state index is 12.6. The highest BCUT2D eigenvalue weighted by atomic mass is 32.2. The summed E-state index contributed by atoms with van der Waals surface area (Å²) in [4.78, 5) is 0. The van der Waals surface area contributed by atoms with Crippen LogP contribution in [0.15, 0.2) is 0 Å². The van der Waals surface area contributed by atoms with Crippen molar-refractivity contribution in [2.24, 2.45) is 0 Å². The molecule has 12 nitrogen and oxygen atoms in total. The van der Waals surface area contributed by atoms with Crippen LogP contribution in [-0.2, 0) is 59.0 Å². The highest BCUT2D eigenvalue weighted by molar-refractivity contribution is 7.96. The third-order valence-electron chi connectivity index (χ3n) is 6.94. The fourth-order valence-electron chi connectivity index (χ4n) is 4.25. The molecular weight excluding hydrogens is 628 g/mol. The average molecular weight is 667 g/mol. The van der Waals surface area contributed by atoms with E-state index in [2.05, 4.69) is 0 Å². The van der Waals surface area contributed by atoms with Crippen LogP contribution in [0.4, 0.5) is 0 Å². The second-order valence-electron chi connectivity index (χ2n) is 10.3. The molecular formula is C18H39AlO12S6. The first-order valence-electron chi connectivity index (χ1n) is 11.0. The lowest BCUT2D eigenvalue weighted by Crippen LogP contribution is -2.46. The molecule has 0 aliphatic heterocycles. The third kappa shape index (κ3) is 11.7. The van der Waals surface area contributed by atoms with Gasteiger partial charge in [-0.3, -0.25) is 0 Å². The van der Waals surface area contributed by atoms with Crippen molar-refractivity contribution in [3.05, 3.63) is 0 Å². The van der Waals surface area contributed by atoms with Gasteiger partial charge < -0.3 is 0 Å². The maximum absolute atomic E-state index is 12.6. The van der Waals surface area contributed by atoms with Crippen molar-refractivity contribution >= 4 is 73.2 Å². The third-order valence-corrected chi connectivity index (χ3v) is 22.1. The molecule has 0 aromatic heterocycles. The molecule has 19 heteroatoms. The molecule has 0 saturated heterocycles. The van der Waals surface area contributed by atoms with Crippen molar-refractivity contribution in [1.82, 2.24) is 0 Å². The van der Waals surface area contributed by atoms with Gasteiger partial charge in [0, 0.05) is 37.5 Å². The van der Waals surface area contributed by atoms with E-state index >= 15 is 0 Å². The summed E-state index contributed by atoms with van der Waals surface area (Å²) in [6, 6.07) is 0. The fourth-order valence-corrected chi connectivity index (χ4v) is 23.0. The quantitative estimate of drug-likeness (QED) is 0.194. The van der Waals surface area contributed by atoms with Crippen molar-refractivity contribution in [2.75, 3.05) is 37.5 Å². The second-order valence-corrected chi connectivity index (χ2v) is 27.4. The first-order valence-corrected chi connectivity index (χ1v) is 25.2. The predicted molar refractivity (Wildman–Crippen MR) is 149 cm³/mol. The van der Waals surface area contributed by atoms with Gasteiger partial charge >= 0.3 is 0 Å². The van der Waals surface area contributed by atoms with Gasteiger partial charge in [0.05, 0.1) is 31.5 Å². The van der Waals surface area contributed by atoms with E-state index < -0.39 is 121 Å². The topological polar surface area (TPSA) is 205 Å². The van der Waals surface area contributed by atoms with Crippen LogP contribution in [0.1, 0.15) is 20.8 Å². The van der Waals surface area contributed by atoms with Gasteiger partial charge in [0.1, 0.15) is 29.5 Å². The largest absolute Gasteiger partial charge is 0.266 e. The number of hydrogen-bond donors (Lipinski definition) is 0. The van der Waals surface area contributed by atoms with Gasteiger partial charge in [0.25, 0.3) is 14.1 Å². The SMILES string of the molecule is CC(C([CH2][Al]([CH2]C(C(C)S(C)(=O)=O)S(C)(=O)=O)[CH2]C(C(C)S(C)(=O)=O)S(C)(=O)=O)S(C)(=O)=O)S(C)(=O)=O. The number of sulfone groups is 6. The molecule has 37 heavy (non-hydrogen) atoms. The maximum Gasteiger partial charge on any atom is 0.266 e. The van der Waals surface area contributed by atoms with Crippen LogP contribution in [-0.4, -0.2) is 134 Å². The molecule has 0 aliphatic rings. The molecule has 0 aliphatic carbocycles. The first-order chi connectivity index (χ1) is 15.9. The summed E-state index contributed by atoms with van der Waals surface area (Å²) in [7, 11) is -23.9. The van der Waals surface area contributed by atoms with E-state index in [4.69, 9.17) is 0 Å². The molecule has 6 unspecified atom stereocenters. The van der Waals surface area contributed by atoms with Crippen molar-refractivity contribution < 1.29 is 50.5 Å². The smallest absolute Gasteiger partial charge is 0.229 e. The molecule has 0 bridgehead atoms. The van der Waals surface area contributed by atoms with Gasteiger partial charge in [-0.2, -0.15) is 0 Å². The van der Waals surface area contributed by atoms with E-state index in [9.17, 15) is 50.5 Å². The van der Waals surface area contributed by atoms with Crippen molar-refractivity contribution in [3.8, 4) is 0 Å². The van der Waals surface area contributed by atoms with Crippen LogP contribution >= 0.6 is 0 Å². The molecule has 0 fully saturated rings. The van der Waals surface area contributed by atoms with Crippen LogP contribution in [0.5, 0.6) is 0 Å².